The van der Waals surface area contributed by atoms with E-state index in [9.17, 15) is 0 Å². The van der Waals surface area contributed by atoms with E-state index in [4.69, 9.17) is 0 Å². The quantitative estimate of drug-likeness (QED) is 0.164. The molecule has 0 bridgehead atoms. The normalized spacial score (nSPS) is 13.9. The van der Waals surface area contributed by atoms with Crippen LogP contribution >= 0.6 is 0 Å². The molecule has 0 fully saturated rings. The van der Waals surface area contributed by atoms with E-state index in [2.05, 4.69) is 275 Å². The van der Waals surface area contributed by atoms with Crippen molar-refractivity contribution < 1.29 is 0 Å². The van der Waals surface area contributed by atoms with Crippen molar-refractivity contribution in [3.63, 3.8) is 0 Å². The summed E-state index contributed by atoms with van der Waals surface area (Å²) in [6.07, 6.45) is 0. The molecular weight excluding hydrogens is 908 g/mol. The highest BCUT2D eigenvalue weighted by Gasteiger charge is 2.47. The molecular formula is C70H59BN4. The summed E-state index contributed by atoms with van der Waals surface area (Å²) in [5, 5.41) is 7.66. The van der Waals surface area contributed by atoms with Crippen LogP contribution in [-0.2, 0) is 16.2 Å². The smallest absolute Gasteiger partial charge is 0.252 e. The zero-order valence-corrected chi connectivity index (χ0v) is 44.3. The van der Waals surface area contributed by atoms with Gasteiger partial charge in [-0.2, -0.15) is 0 Å². The third-order valence-corrected chi connectivity index (χ3v) is 17.1. The second kappa shape index (κ2) is 15.2. The van der Waals surface area contributed by atoms with E-state index in [1.807, 2.05) is 0 Å². The molecule has 2 aromatic heterocycles. The maximum atomic E-state index is 2.63. The Hall–Kier alpha value is -8.28. The fraction of sp³-hybridized carbons (Fsp3) is 0.171. The first kappa shape index (κ1) is 44.2. The van der Waals surface area contributed by atoms with Gasteiger partial charge in [-0.15, -0.1) is 0 Å². The van der Waals surface area contributed by atoms with Crippen molar-refractivity contribution in [2.45, 2.75) is 78.6 Å². The summed E-state index contributed by atoms with van der Waals surface area (Å²) < 4.78 is 5.08. The first-order chi connectivity index (χ1) is 36.1. The second-order valence-corrected chi connectivity index (χ2v) is 24.6. The van der Waals surface area contributed by atoms with Crippen molar-refractivity contribution >= 4 is 112 Å². The molecule has 5 heterocycles. The summed E-state index contributed by atoms with van der Waals surface area (Å²) in [5.74, 6) is 0. The largest absolute Gasteiger partial charge is 0.311 e. The van der Waals surface area contributed by atoms with Crippen LogP contribution in [0.1, 0.15) is 79.0 Å². The lowest BCUT2D eigenvalue weighted by Crippen LogP contribution is -2.62. The standard InChI is InChI=1S/C70H59BN4/c1-68(2,3)44-29-35-58-53(37-44)54-38-45(69(4,5)6)30-36-59(54)73(58)48-33-34-55-62(41-48)72(47-31-27-43(28-32-47)50-21-14-18-42-17-10-11-19-49(42)50)63-39-46(70(7,8)9)40-64-65(63)71(55)56-23-16-26-61-67(56)75(64)60-25-15-22-52-51-20-12-13-24-57(51)74(61)66(52)60/h10-41H,1-9H3. The Morgan fingerprint density at radius 2 is 0.920 bits per heavy atom. The van der Waals surface area contributed by atoms with E-state index in [1.165, 1.54) is 133 Å². The summed E-state index contributed by atoms with van der Waals surface area (Å²) in [5.41, 5.74) is 24.9. The number of anilines is 6. The minimum Gasteiger partial charge on any atom is -0.311 e. The highest BCUT2D eigenvalue weighted by atomic mass is 15.2. The van der Waals surface area contributed by atoms with E-state index in [0.29, 0.717) is 0 Å². The molecule has 0 saturated heterocycles. The van der Waals surface area contributed by atoms with Gasteiger partial charge < -0.3 is 18.9 Å². The maximum Gasteiger partial charge on any atom is 0.252 e. The van der Waals surface area contributed by atoms with Crippen LogP contribution in [0.2, 0.25) is 0 Å². The van der Waals surface area contributed by atoms with Gasteiger partial charge in [-0.3, -0.25) is 0 Å². The predicted molar refractivity (Wildman–Crippen MR) is 322 cm³/mol. The molecule has 15 rings (SSSR count). The number of hydrogen-bond donors (Lipinski definition) is 0. The number of hydrogen-bond acceptors (Lipinski definition) is 2. The first-order valence-corrected chi connectivity index (χ1v) is 26.9. The van der Waals surface area contributed by atoms with Gasteiger partial charge in [-0.25, -0.2) is 0 Å². The molecule has 0 spiro atoms. The van der Waals surface area contributed by atoms with Crippen molar-refractivity contribution in [2.75, 3.05) is 9.80 Å². The van der Waals surface area contributed by atoms with Gasteiger partial charge in [0.05, 0.1) is 39.1 Å². The fourth-order valence-electron chi connectivity index (χ4n) is 13.2. The van der Waals surface area contributed by atoms with Crippen LogP contribution in [0, 0.1) is 0 Å². The SMILES string of the molecule is CC(C)(C)c1cc2c3c(c1)N1c4c(cccc4-n4c5ccccc5c5cccc1c54)B3c1ccc(-n3c4ccc(C(C)(C)C)cc4c4cc(C(C)(C)C)ccc43)cc1N2c1ccc(-c2cccc3ccccc23)cc1. The molecule has 0 aliphatic carbocycles. The molecule has 4 nitrogen and oxygen atoms in total. The Labute approximate surface area is 440 Å². The van der Waals surface area contributed by atoms with Crippen LogP contribution in [-0.4, -0.2) is 15.8 Å². The summed E-state index contributed by atoms with van der Waals surface area (Å²) in [6, 6.07) is 74.5. The van der Waals surface area contributed by atoms with Crippen molar-refractivity contribution in [1.29, 1.82) is 0 Å². The lowest BCUT2D eigenvalue weighted by Gasteiger charge is -2.47. The zero-order chi connectivity index (χ0) is 51.0. The lowest BCUT2D eigenvalue weighted by atomic mass is 9.33. The first-order valence-electron chi connectivity index (χ1n) is 26.9. The van der Waals surface area contributed by atoms with Gasteiger partial charge in [-0.05, 0) is 150 Å². The third-order valence-electron chi connectivity index (χ3n) is 17.1. The van der Waals surface area contributed by atoms with E-state index in [0.717, 1.165) is 11.4 Å². The van der Waals surface area contributed by atoms with Crippen molar-refractivity contribution in [2.24, 2.45) is 0 Å². The van der Waals surface area contributed by atoms with Crippen LogP contribution in [0.25, 0.3) is 76.9 Å². The Morgan fingerprint density at radius 1 is 0.347 bits per heavy atom. The van der Waals surface area contributed by atoms with E-state index in [1.54, 1.807) is 0 Å². The molecule has 0 unspecified atom stereocenters. The monoisotopic (exact) mass is 966 g/mol. The van der Waals surface area contributed by atoms with Crippen LogP contribution in [0.5, 0.6) is 0 Å². The molecule has 0 saturated carbocycles. The van der Waals surface area contributed by atoms with E-state index < -0.39 is 0 Å². The number of nitrogens with zero attached hydrogens (tertiary/aromatic N) is 4. The minimum atomic E-state index is -0.148. The topological polar surface area (TPSA) is 16.3 Å². The van der Waals surface area contributed by atoms with E-state index in [-0.39, 0.29) is 23.0 Å². The Balaban J connectivity index is 1.03. The molecule has 75 heavy (non-hydrogen) atoms. The van der Waals surface area contributed by atoms with Gasteiger partial charge in [0, 0.05) is 50.0 Å². The molecule has 0 atom stereocenters. The number of para-hydroxylation sites is 3. The van der Waals surface area contributed by atoms with Crippen LogP contribution < -0.4 is 26.2 Å². The fourth-order valence-corrected chi connectivity index (χ4v) is 13.2. The Morgan fingerprint density at radius 3 is 1.63 bits per heavy atom. The molecule has 5 heteroatoms. The average molecular weight is 967 g/mol. The van der Waals surface area contributed by atoms with Gasteiger partial charge >= 0.3 is 0 Å². The maximum absolute atomic E-state index is 2.63. The highest BCUT2D eigenvalue weighted by Crippen LogP contribution is 2.53. The predicted octanol–water partition coefficient (Wildman–Crippen LogP) is 17.0. The van der Waals surface area contributed by atoms with Crippen molar-refractivity contribution in [1.82, 2.24) is 9.13 Å². The van der Waals surface area contributed by atoms with Crippen LogP contribution in [0.15, 0.2) is 194 Å². The number of benzene rings is 10. The van der Waals surface area contributed by atoms with Gasteiger partial charge in [0.15, 0.2) is 0 Å². The summed E-state index contributed by atoms with van der Waals surface area (Å²) in [4.78, 5) is 5.24. The van der Waals surface area contributed by atoms with Gasteiger partial charge in [0.25, 0.3) is 6.71 Å². The molecule has 0 radical (unpaired) electrons. The summed E-state index contributed by atoms with van der Waals surface area (Å²) in [7, 11) is 0. The van der Waals surface area contributed by atoms with Gasteiger partial charge in [0.1, 0.15) is 0 Å². The van der Waals surface area contributed by atoms with E-state index >= 15 is 0 Å². The molecule has 0 amide bonds. The lowest BCUT2D eigenvalue weighted by molar-refractivity contribution is 0.590. The molecule has 10 aromatic carbocycles. The Bertz CT molecular complexity index is 4360. The summed E-state index contributed by atoms with van der Waals surface area (Å²) >= 11 is 0. The molecule has 362 valence electrons. The average Bonchev–Trinajstić information content (AvgIpc) is 4.18. The van der Waals surface area contributed by atoms with Crippen molar-refractivity contribution in [3.8, 4) is 22.5 Å². The molecule has 3 aliphatic rings. The number of rotatable bonds is 3. The van der Waals surface area contributed by atoms with Gasteiger partial charge in [0.2, 0.25) is 0 Å². The third kappa shape index (κ3) is 6.25. The number of fused-ring (bicyclic) bond motifs is 13. The van der Waals surface area contributed by atoms with Crippen LogP contribution in [0.3, 0.4) is 0 Å². The highest BCUT2D eigenvalue weighted by molar-refractivity contribution is 7.00. The minimum absolute atomic E-state index is 0.00657. The van der Waals surface area contributed by atoms with Crippen LogP contribution in [0.4, 0.5) is 34.1 Å². The molecule has 0 N–H and O–H groups in total. The number of aromatic nitrogens is 2. The van der Waals surface area contributed by atoms with Crippen molar-refractivity contribution in [3.05, 3.63) is 211 Å². The van der Waals surface area contributed by atoms with Gasteiger partial charge in [-0.1, -0.05) is 178 Å². The zero-order valence-electron chi connectivity index (χ0n) is 44.3. The molecule has 12 aromatic rings. The summed E-state index contributed by atoms with van der Waals surface area (Å²) in [6.45, 7) is 21.0. The Kier molecular flexibility index (Phi) is 8.95. The molecule has 3 aliphatic heterocycles. The second-order valence-electron chi connectivity index (χ2n) is 24.6.